The number of benzene rings is 3. The molecule has 4 aromatic rings. The van der Waals surface area contributed by atoms with Crippen LogP contribution in [0, 0.1) is 20.9 Å². The quantitative estimate of drug-likeness (QED) is 0.215. The minimum Gasteiger partial charge on any atom is -0.675 e. The van der Waals surface area contributed by atoms with Gasteiger partial charge in [-0.1, -0.05) is 111 Å². The molecule has 0 amide bonds. The molecule has 0 radical (unpaired) electrons. The monoisotopic (exact) mass is 538 g/mol. The molecule has 4 rings (SSSR count). The summed E-state index contributed by atoms with van der Waals surface area (Å²) in [4.78, 5) is 4.52. The van der Waals surface area contributed by atoms with Crippen LogP contribution in [0.15, 0.2) is 91.1 Å². The molecule has 0 saturated carbocycles. The first kappa shape index (κ1) is 30.5. The van der Waals surface area contributed by atoms with Gasteiger partial charge in [-0.25, -0.2) is 0 Å². The van der Waals surface area contributed by atoms with Crippen molar-refractivity contribution in [2.45, 2.75) is 45.6 Å². The van der Waals surface area contributed by atoms with Gasteiger partial charge in [-0.15, -0.1) is 41.1 Å². The van der Waals surface area contributed by atoms with E-state index in [0.717, 1.165) is 28.1 Å². The van der Waals surface area contributed by atoms with Gasteiger partial charge in [0.2, 0.25) is 0 Å². The standard InChI is InChI=1S/C30H30N2.2CH3.Zr/c1-21(2)26-16-11-17-27(22(3)4)30(26)32-29(23-12-6-5-7-13-23)25-15-10-14-24(20-25)28-18-8-9-19-31-28;;;/h5-19,21-22,29H,1-4H3;2*1H3;/q-2;2*-1;+4. The molecular weight excluding hydrogens is 504 g/mol. The summed E-state index contributed by atoms with van der Waals surface area (Å²) in [5.74, 6) is 0.792. The van der Waals surface area contributed by atoms with Gasteiger partial charge in [0, 0.05) is 6.20 Å². The predicted molar refractivity (Wildman–Crippen MR) is 147 cm³/mol. The summed E-state index contributed by atoms with van der Waals surface area (Å²) in [5, 5.41) is 5.42. The first-order valence-electron chi connectivity index (χ1n) is 11.4. The molecule has 0 spiro atoms. The fraction of sp³-hybridized carbons (Fsp3) is 0.219. The Bertz CT molecular complexity index is 1130. The maximum absolute atomic E-state index is 5.42. The smallest absolute Gasteiger partial charge is 0.675 e. The average Bonchev–Trinajstić information content (AvgIpc) is 2.83. The molecule has 1 heterocycles. The van der Waals surface area contributed by atoms with E-state index in [1.165, 1.54) is 11.1 Å². The van der Waals surface area contributed by atoms with Crippen LogP contribution in [0.25, 0.3) is 16.6 Å². The van der Waals surface area contributed by atoms with Crippen LogP contribution >= 0.6 is 0 Å². The second kappa shape index (κ2) is 14.1. The molecule has 3 aromatic carbocycles. The molecule has 178 valence electrons. The van der Waals surface area contributed by atoms with E-state index in [2.05, 4.69) is 105 Å². The van der Waals surface area contributed by atoms with Crippen LogP contribution in [0.4, 0.5) is 5.69 Å². The van der Waals surface area contributed by atoms with E-state index in [1.807, 2.05) is 24.4 Å². The average molecular weight is 540 g/mol. The van der Waals surface area contributed by atoms with Crippen molar-refractivity contribution in [2.24, 2.45) is 0 Å². The van der Waals surface area contributed by atoms with Crippen LogP contribution in [0.3, 0.4) is 0 Å². The third-order valence-electron chi connectivity index (χ3n) is 5.77. The first-order valence-corrected chi connectivity index (χ1v) is 11.4. The van der Waals surface area contributed by atoms with Gasteiger partial charge in [0.25, 0.3) is 0 Å². The topological polar surface area (TPSA) is 27.0 Å². The molecule has 0 bridgehead atoms. The zero-order valence-electron chi connectivity index (χ0n) is 21.8. The van der Waals surface area contributed by atoms with Crippen molar-refractivity contribution in [1.82, 2.24) is 4.98 Å². The van der Waals surface area contributed by atoms with E-state index in [9.17, 15) is 0 Å². The first-order chi connectivity index (χ1) is 15.5. The normalized spacial score (nSPS) is 11.1. The number of hydrogen-bond acceptors (Lipinski definition) is 1. The Morgan fingerprint density at radius 3 is 1.86 bits per heavy atom. The van der Waals surface area contributed by atoms with Gasteiger partial charge in [0.1, 0.15) is 0 Å². The molecule has 1 aromatic heterocycles. The second-order valence-electron chi connectivity index (χ2n) is 8.77. The molecule has 0 N–H and O–H groups in total. The van der Waals surface area contributed by atoms with Crippen molar-refractivity contribution >= 4 is 5.69 Å². The second-order valence-corrected chi connectivity index (χ2v) is 8.77. The Morgan fingerprint density at radius 2 is 1.29 bits per heavy atom. The van der Waals surface area contributed by atoms with Crippen molar-refractivity contribution in [3.05, 3.63) is 140 Å². The van der Waals surface area contributed by atoms with E-state index in [0.29, 0.717) is 11.8 Å². The number of aromatic nitrogens is 1. The summed E-state index contributed by atoms with van der Waals surface area (Å²) in [6.07, 6.45) is 1.82. The summed E-state index contributed by atoms with van der Waals surface area (Å²) in [6.45, 7) is 8.96. The van der Waals surface area contributed by atoms with Crippen molar-refractivity contribution in [1.29, 1.82) is 0 Å². The molecule has 0 fully saturated rings. The molecule has 0 aliphatic carbocycles. The summed E-state index contributed by atoms with van der Waals surface area (Å²) in [6, 6.07) is 32.8. The Morgan fingerprint density at radius 1 is 0.686 bits per heavy atom. The number of hydrogen-bond donors (Lipinski definition) is 0. The Balaban J connectivity index is 0.00000204. The molecule has 1 atom stereocenters. The molecule has 2 nitrogen and oxygen atoms in total. The van der Waals surface area contributed by atoms with E-state index >= 15 is 0 Å². The van der Waals surface area contributed by atoms with Gasteiger partial charge in [0.05, 0.1) is 0 Å². The van der Waals surface area contributed by atoms with Crippen molar-refractivity contribution < 1.29 is 26.2 Å². The Kier molecular flexibility index (Phi) is 12.3. The van der Waals surface area contributed by atoms with Gasteiger partial charge in [-0.3, -0.25) is 0 Å². The molecule has 0 aliphatic rings. The maximum atomic E-state index is 5.42. The van der Waals surface area contributed by atoms with E-state index in [4.69, 9.17) is 5.32 Å². The van der Waals surface area contributed by atoms with Crippen LogP contribution in [-0.4, -0.2) is 4.98 Å². The molecule has 0 saturated heterocycles. The summed E-state index contributed by atoms with van der Waals surface area (Å²) < 4.78 is 0. The largest absolute Gasteiger partial charge is 4.00 e. The third kappa shape index (κ3) is 7.24. The van der Waals surface area contributed by atoms with Crippen LogP contribution in [0.5, 0.6) is 0 Å². The Hall–Kier alpha value is -2.51. The van der Waals surface area contributed by atoms with Crippen molar-refractivity contribution in [2.75, 3.05) is 0 Å². The summed E-state index contributed by atoms with van der Waals surface area (Å²) in [5.41, 5.74) is 7.81. The molecular formula is C32H36N2Zr. The van der Waals surface area contributed by atoms with E-state index in [-0.39, 0.29) is 47.1 Å². The van der Waals surface area contributed by atoms with Crippen LogP contribution < -0.4 is 0 Å². The summed E-state index contributed by atoms with van der Waals surface area (Å²) in [7, 11) is 0. The van der Waals surface area contributed by atoms with Gasteiger partial charge < -0.3 is 25.2 Å². The maximum Gasteiger partial charge on any atom is 4.00 e. The van der Waals surface area contributed by atoms with Crippen LogP contribution in [0.1, 0.15) is 67.8 Å². The molecule has 3 heteroatoms. The third-order valence-corrected chi connectivity index (χ3v) is 5.77. The number of pyridine rings is 1. The van der Waals surface area contributed by atoms with Gasteiger partial charge in [-0.05, 0) is 23.6 Å². The minimum atomic E-state index is -0.141. The van der Waals surface area contributed by atoms with Crippen LogP contribution in [-0.2, 0) is 26.2 Å². The number of para-hydroxylation sites is 1. The van der Waals surface area contributed by atoms with Gasteiger partial charge in [-0.2, -0.15) is 0 Å². The summed E-state index contributed by atoms with van der Waals surface area (Å²) >= 11 is 0. The van der Waals surface area contributed by atoms with Gasteiger partial charge >= 0.3 is 26.2 Å². The number of nitrogens with zero attached hydrogens (tertiary/aromatic N) is 2. The number of rotatable bonds is 7. The Labute approximate surface area is 232 Å². The fourth-order valence-electron chi connectivity index (χ4n) is 4.07. The van der Waals surface area contributed by atoms with Gasteiger partial charge in [0.15, 0.2) is 0 Å². The molecule has 35 heavy (non-hydrogen) atoms. The SMILES string of the molecule is CC(C)c1cccc(C(C)C)c1[N-]C(c1[c-]c(-c2ccccn2)ccc1)c1ccccc1.[CH3-].[CH3-].[Zr+4]. The van der Waals surface area contributed by atoms with Crippen LogP contribution in [0.2, 0.25) is 0 Å². The fourth-order valence-corrected chi connectivity index (χ4v) is 4.07. The molecule has 0 aliphatic heterocycles. The zero-order chi connectivity index (χ0) is 22.5. The zero-order valence-corrected chi connectivity index (χ0v) is 24.2. The predicted octanol–water partition coefficient (Wildman–Crippen LogP) is 9.49. The van der Waals surface area contributed by atoms with E-state index in [1.54, 1.807) is 0 Å². The molecule has 1 unspecified atom stereocenters. The van der Waals surface area contributed by atoms with Crippen molar-refractivity contribution in [3.8, 4) is 11.3 Å². The minimum absolute atomic E-state index is 0. The van der Waals surface area contributed by atoms with Crippen molar-refractivity contribution in [3.63, 3.8) is 0 Å². The van der Waals surface area contributed by atoms with E-state index < -0.39 is 0 Å².